The number of hydrogen-bond donors (Lipinski definition) is 2. The molecule has 0 unspecified atom stereocenters. The van der Waals surface area contributed by atoms with Gasteiger partial charge in [0.05, 0.1) is 16.9 Å². The van der Waals surface area contributed by atoms with E-state index >= 15 is 0 Å². The highest BCUT2D eigenvalue weighted by atomic mass is 35.5. The van der Waals surface area contributed by atoms with Gasteiger partial charge in [0.1, 0.15) is 0 Å². The van der Waals surface area contributed by atoms with Crippen LogP contribution in [0.4, 0.5) is 21.9 Å². The first kappa shape index (κ1) is 19.7. The number of carbonyl (C=O) groups is 1. The molecule has 0 fully saturated rings. The van der Waals surface area contributed by atoms with Crippen LogP contribution in [0.2, 0.25) is 5.02 Å². The van der Waals surface area contributed by atoms with Crippen LogP contribution < -0.4 is 15.5 Å². The minimum Gasteiger partial charge on any atom is -0.383 e. The number of anilines is 3. The molecule has 2 heterocycles. The predicted octanol–water partition coefficient (Wildman–Crippen LogP) is 6.31. The standard InChI is InChI=1S/C24H19ClN4OS/c25-16-9-10-17-18(11-12-26-19(17)15-16)27-13-14-28-24(30)29-20-5-1-3-7-22(20)31-23-8-4-2-6-21(23)29/h1-12,15H,13-14H2,(H,26,27)(H,28,30). The molecule has 5 nitrogen and oxygen atoms in total. The van der Waals surface area contributed by atoms with Gasteiger partial charge >= 0.3 is 6.03 Å². The minimum absolute atomic E-state index is 0.145. The Kier molecular flexibility index (Phi) is 5.40. The van der Waals surface area contributed by atoms with Gasteiger partial charge in [-0.2, -0.15) is 0 Å². The lowest BCUT2D eigenvalue weighted by Crippen LogP contribution is -2.40. The number of halogens is 1. The topological polar surface area (TPSA) is 57.3 Å². The summed E-state index contributed by atoms with van der Waals surface area (Å²) in [6, 6.07) is 23.3. The average Bonchev–Trinajstić information content (AvgIpc) is 2.79. The SMILES string of the molecule is O=C(NCCNc1ccnc2cc(Cl)ccc12)N1c2ccccc2Sc2ccccc21. The zero-order valence-corrected chi connectivity index (χ0v) is 18.1. The summed E-state index contributed by atoms with van der Waals surface area (Å²) < 4.78 is 0. The Hall–Kier alpha value is -3.22. The summed E-state index contributed by atoms with van der Waals surface area (Å²) in [4.78, 5) is 21.4. The van der Waals surface area contributed by atoms with E-state index in [0.29, 0.717) is 18.1 Å². The maximum absolute atomic E-state index is 13.1. The van der Waals surface area contributed by atoms with Crippen LogP contribution in [0, 0.1) is 0 Å². The Morgan fingerprint density at radius 2 is 1.65 bits per heavy atom. The summed E-state index contributed by atoms with van der Waals surface area (Å²) in [5.41, 5.74) is 3.59. The van der Waals surface area contributed by atoms with Crippen LogP contribution in [-0.4, -0.2) is 24.1 Å². The van der Waals surface area contributed by atoms with Crippen LogP contribution in [-0.2, 0) is 0 Å². The summed E-state index contributed by atoms with van der Waals surface area (Å²) in [5.74, 6) is 0. The second-order valence-electron chi connectivity index (χ2n) is 7.05. The van der Waals surface area contributed by atoms with Crippen LogP contribution in [0.15, 0.2) is 88.8 Å². The number of pyridine rings is 1. The maximum atomic E-state index is 13.1. The van der Waals surface area contributed by atoms with E-state index in [4.69, 9.17) is 11.6 Å². The third-order valence-corrected chi connectivity index (χ3v) is 6.42. The second-order valence-corrected chi connectivity index (χ2v) is 8.57. The third-order valence-electron chi connectivity index (χ3n) is 5.06. The zero-order valence-electron chi connectivity index (χ0n) is 16.5. The molecule has 7 heteroatoms. The van der Waals surface area contributed by atoms with E-state index in [1.165, 1.54) is 0 Å². The van der Waals surface area contributed by atoms with Gasteiger partial charge in [0.15, 0.2) is 0 Å². The number of urea groups is 1. The summed E-state index contributed by atoms with van der Waals surface area (Å²) in [6.45, 7) is 1.06. The number of fused-ring (bicyclic) bond motifs is 3. The van der Waals surface area contributed by atoms with Crippen molar-refractivity contribution < 1.29 is 4.79 Å². The molecule has 0 bridgehead atoms. The highest BCUT2D eigenvalue weighted by Gasteiger charge is 2.27. The minimum atomic E-state index is -0.145. The van der Waals surface area contributed by atoms with Gasteiger partial charge in [0.25, 0.3) is 0 Å². The normalized spacial score (nSPS) is 12.2. The number of aromatic nitrogens is 1. The maximum Gasteiger partial charge on any atom is 0.326 e. The molecule has 5 rings (SSSR count). The van der Waals surface area contributed by atoms with Crippen molar-refractivity contribution in [2.75, 3.05) is 23.3 Å². The molecule has 31 heavy (non-hydrogen) atoms. The number of nitrogens with zero attached hydrogens (tertiary/aromatic N) is 2. The van der Waals surface area contributed by atoms with Gasteiger partial charge in [-0.15, -0.1) is 0 Å². The average molecular weight is 447 g/mol. The molecule has 0 saturated heterocycles. The smallest absolute Gasteiger partial charge is 0.326 e. The lowest BCUT2D eigenvalue weighted by atomic mass is 10.2. The van der Waals surface area contributed by atoms with Gasteiger partial charge < -0.3 is 10.6 Å². The molecule has 1 aliphatic rings. The van der Waals surface area contributed by atoms with Gasteiger partial charge in [0, 0.05) is 45.2 Å². The first-order valence-electron chi connectivity index (χ1n) is 9.93. The van der Waals surface area contributed by atoms with E-state index < -0.39 is 0 Å². The van der Waals surface area contributed by atoms with Crippen molar-refractivity contribution in [1.29, 1.82) is 0 Å². The highest BCUT2D eigenvalue weighted by molar-refractivity contribution is 7.99. The molecule has 1 aromatic heterocycles. The molecule has 0 aliphatic carbocycles. The van der Waals surface area contributed by atoms with E-state index in [1.807, 2.05) is 72.8 Å². The molecule has 2 amide bonds. The summed E-state index contributed by atoms with van der Waals surface area (Å²) in [6.07, 6.45) is 1.75. The summed E-state index contributed by atoms with van der Waals surface area (Å²) >= 11 is 7.75. The highest BCUT2D eigenvalue weighted by Crippen LogP contribution is 2.47. The first-order chi connectivity index (χ1) is 15.2. The molecule has 0 atom stereocenters. The quantitative estimate of drug-likeness (QED) is 0.360. The van der Waals surface area contributed by atoms with Gasteiger partial charge in [-0.05, 0) is 48.5 Å². The molecule has 0 saturated carbocycles. The lowest BCUT2D eigenvalue weighted by Gasteiger charge is -2.31. The summed E-state index contributed by atoms with van der Waals surface area (Å²) in [7, 11) is 0. The largest absolute Gasteiger partial charge is 0.383 e. The fourth-order valence-electron chi connectivity index (χ4n) is 3.64. The Labute approximate surface area is 189 Å². The van der Waals surface area contributed by atoms with Crippen molar-refractivity contribution in [3.8, 4) is 0 Å². The van der Waals surface area contributed by atoms with E-state index in [9.17, 15) is 4.79 Å². The summed E-state index contributed by atoms with van der Waals surface area (Å²) in [5, 5.41) is 8.08. The molecule has 3 aromatic carbocycles. The van der Waals surface area contributed by atoms with Crippen LogP contribution >= 0.6 is 23.4 Å². The molecule has 0 radical (unpaired) electrons. The van der Waals surface area contributed by atoms with Gasteiger partial charge in [-0.25, -0.2) is 4.79 Å². The third kappa shape index (κ3) is 3.92. The Bertz CT molecular complexity index is 1230. The van der Waals surface area contributed by atoms with E-state index in [-0.39, 0.29) is 6.03 Å². The molecule has 2 N–H and O–H groups in total. The van der Waals surface area contributed by atoms with Crippen molar-refractivity contribution in [1.82, 2.24) is 10.3 Å². The molecule has 4 aromatic rings. The zero-order chi connectivity index (χ0) is 21.2. The number of rotatable bonds is 4. The predicted molar refractivity (Wildman–Crippen MR) is 128 cm³/mol. The van der Waals surface area contributed by atoms with Crippen molar-refractivity contribution >= 4 is 57.4 Å². The molecule has 154 valence electrons. The second kappa shape index (κ2) is 8.49. The number of para-hydroxylation sites is 2. The van der Waals surface area contributed by atoms with Crippen molar-refractivity contribution in [3.05, 3.63) is 84.0 Å². The number of carbonyl (C=O) groups excluding carboxylic acids is 1. The lowest BCUT2D eigenvalue weighted by molar-refractivity contribution is 0.248. The Morgan fingerprint density at radius 3 is 2.39 bits per heavy atom. The van der Waals surface area contributed by atoms with Gasteiger partial charge in [0.2, 0.25) is 0 Å². The van der Waals surface area contributed by atoms with Crippen molar-refractivity contribution in [3.63, 3.8) is 0 Å². The van der Waals surface area contributed by atoms with Crippen molar-refractivity contribution in [2.45, 2.75) is 9.79 Å². The molecular formula is C24H19ClN4OS. The first-order valence-corrected chi connectivity index (χ1v) is 11.1. The van der Waals surface area contributed by atoms with E-state index in [0.717, 1.165) is 37.8 Å². The molecular weight excluding hydrogens is 428 g/mol. The fraction of sp³-hybridized carbons (Fsp3) is 0.0833. The number of benzene rings is 3. The Balaban J connectivity index is 1.29. The van der Waals surface area contributed by atoms with Crippen LogP contribution in [0.3, 0.4) is 0 Å². The molecule has 0 spiro atoms. The van der Waals surface area contributed by atoms with Gasteiger partial charge in [-0.3, -0.25) is 9.88 Å². The van der Waals surface area contributed by atoms with Gasteiger partial charge in [-0.1, -0.05) is 47.6 Å². The number of hydrogen-bond acceptors (Lipinski definition) is 4. The van der Waals surface area contributed by atoms with E-state index in [2.05, 4.69) is 15.6 Å². The number of amides is 2. The fourth-order valence-corrected chi connectivity index (χ4v) is 4.87. The van der Waals surface area contributed by atoms with Crippen LogP contribution in [0.1, 0.15) is 0 Å². The van der Waals surface area contributed by atoms with E-state index in [1.54, 1.807) is 22.9 Å². The Morgan fingerprint density at radius 1 is 0.935 bits per heavy atom. The van der Waals surface area contributed by atoms with Crippen molar-refractivity contribution in [2.24, 2.45) is 0 Å². The monoisotopic (exact) mass is 446 g/mol. The van der Waals surface area contributed by atoms with Crippen LogP contribution in [0.5, 0.6) is 0 Å². The number of nitrogens with one attached hydrogen (secondary N) is 2. The molecule has 1 aliphatic heterocycles. The van der Waals surface area contributed by atoms with Crippen LogP contribution in [0.25, 0.3) is 10.9 Å².